The molecule has 2 N–H and O–H groups in total. The quantitative estimate of drug-likeness (QED) is 0.506. The maximum absolute atomic E-state index is 13.5. The maximum atomic E-state index is 13.5. The Bertz CT molecular complexity index is 1200. The molecule has 0 bridgehead atoms. The summed E-state index contributed by atoms with van der Waals surface area (Å²) in [6.07, 6.45) is 1.53. The highest BCUT2D eigenvalue weighted by Crippen LogP contribution is 2.36. The zero-order chi connectivity index (χ0) is 23.3. The van der Waals surface area contributed by atoms with Crippen LogP contribution in [0.1, 0.15) is 16.9 Å². The summed E-state index contributed by atoms with van der Waals surface area (Å²) in [5.41, 5.74) is 1.79. The number of sulfone groups is 1. The number of hydrogen-bond donors (Lipinski definition) is 2. The molecule has 0 fully saturated rings. The van der Waals surface area contributed by atoms with Crippen LogP contribution in [0.2, 0.25) is 0 Å². The fourth-order valence-corrected chi connectivity index (χ4v) is 5.03. The monoisotopic (exact) mass is 458 g/mol. The second-order valence-corrected chi connectivity index (χ2v) is 9.07. The van der Waals surface area contributed by atoms with E-state index in [1.807, 2.05) is 6.92 Å². The van der Waals surface area contributed by atoms with Gasteiger partial charge in [0.2, 0.25) is 15.7 Å². The minimum Gasteiger partial charge on any atom is -0.493 e. The minimum absolute atomic E-state index is 0.0624. The molecular formula is C23H26N2O6S. The molecule has 0 aliphatic rings. The molecular weight excluding hydrogens is 432 g/mol. The number of hydrogen-bond acceptors (Lipinski definition) is 7. The number of furan rings is 1. The average Bonchev–Trinajstić information content (AvgIpc) is 3.28. The smallest absolute Gasteiger partial charge is 0.239 e. The fourth-order valence-electron chi connectivity index (χ4n) is 3.38. The summed E-state index contributed by atoms with van der Waals surface area (Å²) in [5, 5.41) is 5.70. The Labute approximate surface area is 187 Å². The number of amides is 1. The van der Waals surface area contributed by atoms with Gasteiger partial charge in [-0.2, -0.15) is 0 Å². The predicted molar refractivity (Wildman–Crippen MR) is 120 cm³/mol. The largest absolute Gasteiger partial charge is 0.493 e. The van der Waals surface area contributed by atoms with Crippen molar-refractivity contribution in [1.82, 2.24) is 5.32 Å². The van der Waals surface area contributed by atoms with Crippen LogP contribution in [0, 0.1) is 13.8 Å². The highest BCUT2D eigenvalue weighted by Gasteiger charge is 2.26. The fraction of sp³-hybridized carbons (Fsp3) is 0.261. The molecule has 3 aromatic rings. The van der Waals surface area contributed by atoms with Crippen LogP contribution < -0.4 is 20.1 Å². The molecule has 8 nitrogen and oxygen atoms in total. The lowest BCUT2D eigenvalue weighted by Crippen LogP contribution is -2.29. The standard InChI is InChI=1S/C23H26N2O6S/c1-15-10-16(2)23(32(27,28)18-7-8-20(29-3)21(12-18)30-4)19(11-15)24-14-22(26)25-13-17-6-5-9-31-17/h5-12,24H,13-14H2,1-4H3,(H,25,26). The Morgan fingerprint density at radius 3 is 2.44 bits per heavy atom. The molecule has 0 aliphatic heterocycles. The number of carbonyl (C=O) groups is 1. The highest BCUT2D eigenvalue weighted by molar-refractivity contribution is 7.91. The number of methoxy groups -OCH3 is 2. The van der Waals surface area contributed by atoms with Gasteiger partial charge in [0.25, 0.3) is 0 Å². The Morgan fingerprint density at radius 1 is 1.03 bits per heavy atom. The summed E-state index contributed by atoms with van der Waals surface area (Å²) >= 11 is 0. The van der Waals surface area contributed by atoms with Crippen molar-refractivity contribution in [3.63, 3.8) is 0 Å². The summed E-state index contributed by atoms with van der Waals surface area (Å²) in [5.74, 6) is 1.07. The molecule has 0 unspecified atom stereocenters. The molecule has 0 spiro atoms. The Hall–Kier alpha value is -3.46. The van der Waals surface area contributed by atoms with Gasteiger partial charge in [-0.1, -0.05) is 6.07 Å². The van der Waals surface area contributed by atoms with Gasteiger partial charge in [-0.3, -0.25) is 4.79 Å². The third-order valence-electron chi connectivity index (χ3n) is 4.83. The third kappa shape index (κ3) is 5.05. The molecule has 1 heterocycles. The van der Waals surface area contributed by atoms with Crippen molar-refractivity contribution in [3.05, 3.63) is 65.6 Å². The average molecular weight is 459 g/mol. The van der Waals surface area contributed by atoms with Crippen molar-refractivity contribution in [2.75, 3.05) is 26.1 Å². The lowest BCUT2D eigenvalue weighted by atomic mass is 10.1. The molecule has 0 atom stereocenters. The molecule has 2 aromatic carbocycles. The van der Waals surface area contributed by atoms with Gasteiger partial charge in [-0.05, 0) is 55.3 Å². The van der Waals surface area contributed by atoms with Crippen LogP contribution >= 0.6 is 0 Å². The van der Waals surface area contributed by atoms with Crippen LogP contribution in [-0.2, 0) is 21.2 Å². The van der Waals surface area contributed by atoms with Crippen molar-refractivity contribution >= 4 is 21.4 Å². The predicted octanol–water partition coefficient (Wildman–Crippen LogP) is 3.47. The van der Waals surface area contributed by atoms with Gasteiger partial charge in [-0.15, -0.1) is 0 Å². The van der Waals surface area contributed by atoms with Crippen molar-refractivity contribution in [1.29, 1.82) is 0 Å². The number of ether oxygens (including phenoxy) is 2. The van der Waals surface area contributed by atoms with Gasteiger partial charge >= 0.3 is 0 Å². The van der Waals surface area contributed by atoms with Crippen molar-refractivity contribution in [2.24, 2.45) is 0 Å². The molecule has 0 saturated carbocycles. The van der Waals surface area contributed by atoms with E-state index in [-0.39, 0.29) is 28.8 Å². The molecule has 1 aromatic heterocycles. The minimum atomic E-state index is -3.92. The zero-order valence-electron chi connectivity index (χ0n) is 18.4. The first-order chi connectivity index (χ1) is 15.3. The van der Waals surface area contributed by atoms with E-state index in [2.05, 4.69) is 10.6 Å². The highest BCUT2D eigenvalue weighted by atomic mass is 32.2. The summed E-state index contributed by atoms with van der Waals surface area (Å²) in [7, 11) is -0.990. The summed E-state index contributed by atoms with van der Waals surface area (Å²) in [4.78, 5) is 12.4. The van der Waals surface area contributed by atoms with E-state index in [4.69, 9.17) is 13.9 Å². The molecule has 0 saturated heterocycles. The van der Waals surface area contributed by atoms with E-state index in [0.29, 0.717) is 28.5 Å². The first kappa shape index (κ1) is 23.2. The third-order valence-corrected chi connectivity index (χ3v) is 6.79. The van der Waals surface area contributed by atoms with Crippen LogP contribution in [0.4, 0.5) is 5.69 Å². The van der Waals surface area contributed by atoms with Crippen LogP contribution in [0.15, 0.2) is 62.9 Å². The number of carbonyl (C=O) groups excluding carboxylic acids is 1. The van der Waals surface area contributed by atoms with E-state index in [1.54, 1.807) is 37.3 Å². The van der Waals surface area contributed by atoms with Gasteiger partial charge < -0.3 is 24.5 Å². The maximum Gasteiger partial charge on any atom is 0.239 e. The van der Waals surface area contributed by atoms with E-state index in [9.17, 15) is 13.2 Å². The number of anilines is 1. The molecule has 32 heavy (non-hydrogen) atoms. The normalized spacial score (nSPS) is 11.1. The van der Waals surface area contributed by atoms with Gasteiger partial charge in [0.15, 0.2) is 11.5 Å². The zero-order valence-corrected chi connectivity index (χ0v) is 19.2. The van der Waals surface area contributed by atoms with Crippen molar-refractivity contribution < 1.29 is 27.1 Å². The molecule has 0 radical (unpaired) electrons. The Morgan fingerprint density at radius 2 is 1.78 bits per heavy atom. The van der Waals surface area contributed by atoms with Crippen LogP contribution in [0.5, 0.6) is 11.5 Å². The van der Waals surface area contributed by atoms with E-state index in [0.717, 1.165) is 5.56 Å². The Balaban J connectivity index is 1.88. The first-order valence-corrected chi connectivity index (χ1v) is 11.4. The van der Waals surface area contributed by atoms with E-state index in [1.165, 1.54) is 32.6 Å². The number of aryl methyl sites for hydroxylation is 2. The van der Waals surface area contributed by atoms with E-state index >= 15 is 0 Å². The summed E-state index contributed by atoms with van der Waals surface area (Å²) in [6, 6.07) is 11.4. The first-order valence-electron chi connectivity index (χ1n) is 9.87. The molecule has 0 aliphatic carbocycles. The molecule has 9 heteroatoms. The van der Waals surface area contributed by atoms with E-state index < -0.39 is 9.84 Å². The lowest BCUT2D eigenvalue weighted by molar-refractivity contribution is -0.119. The van der Waals surface area contributed by atoms with Crippen LogP contribution in [0.25, 0.3) is 0 Å². The number of benzene rings is 2. The molecule has 170 valence electrons. The summed E-state index contributed by atoms with van der Waals surface area (Å²) < 4.78 is 42.7. The van der Waals surface area contributed by atoms with Gasteiger partial charge in [0.1, 0.15) is 5.76 Å². The SMILES string of the molecule is COc1ccc(S(=O)(=O)c2c(C)cc(C)cc2NCC(=O)NCc2ccco2)cc1OC. The topological polar surface area (TPSA) is 107 Å². The molecule has 1 amide bonds. The van der Waals surface area contributed by atoms with Gasteiger partial charge in [0.05, 0.1) is 49.1 Å². The Kier molecular flexibility index (Phi) is 7.09. The van der Waals surface area contributed by atoms with Crippen molar-refractivity contribution in [3.8, 4) is 11.5 Å². The lowest BCUT2D eigenvalue weighted by Gasteiger charge is -2.17. The second kappa shape index (κ2) is 9.78. The molecule has 3 rings (SSSR count). The van der Waals surface area contributed by atoms with Crippen LogP contribution in [0.3, 0.4) is 0 Å². The second-order valence-electron chi connectivity index (χ2n) is 7.19. The summed E-state index contributed by atoms with van der Waals surface area (Å²) in [6.45, 7) is 3.74. The van der Waals surface area contributed by atoms with Gasteiger partial charge in [-0.25, -0.2) is 8.42 Å². The van der Waals surface area contributed by atoms with Crippen LogP contribution in [-0.4, -0.2) is 35.1 Å². The number of nitrogens with one attached hydrogen (secondary N) is 2. The van der Waals surface area contributed by atoms with Gasteiger partial charge in [0, 0.05) is 6.07 Å². The van der Waals surface area contributed by atoms with Crippen molar-refractivity contribution in [2.45, 2.75) is 30.2 Å². The number of rotatable bonds is 9.